The molecule has 0 fully saturated rings. The summed E-state index contributed by atoms with van der Waals surface area (Å²) in [6, 6.07) is 13.2. The van der Waals surface area contributed by atoms with Gasteiger partial charge in [0, 0.05) is 42.4 Å². The van der Waals surface area contributed by atoms with E-state index in [1.54, 1.807) is 48.5 Å². The van der Waals surface area contributed by atoms with Gasteiger partial charge in [-0.3, -0.25) is 0 Å². The largest absolute Gasteiger partial charge is 0.513 e. The Morgan fingerprint density at radius 1 is 0.400 bits per heavy atom. The van der Waals surface area contributed by atoms with E-state index in [0.717, 1.165) is 28.4 Å². The first-order chi connectivity index (χ1) is 19.3. The number of carbonyl (C=O) groups excluding carboxylic acids is 4. The van der Waals surface area contributed by atoms with E-state index in [9.17, 15) is 19.2 Å². The number of hydrogen-bond donors (Lipinski definition) is 0. The maximum Gasteiger partial charge on any atom is 0.513 e. The van der Waals surface area contributed by atoms with Crippen LogP contribution in [0.25, 0.3) is 21.5 Å². The second-order valence-corrected chi connectivity index (χ2v) is 8.13. The monoisotopic (exact) mass is 548 g/mol. The Hall–Kier alpha value is -5.52. The number of ether oxygens (including phenoxy) is 8. The lowest BCUT2D eigenvalue weighted by molar-refractivity contribution is 0.118. The van der Waals surface area contributed by atoms with E-state index in [1.165, 1.54) is 0 Å². The van der Waals surface area contributed by atoms with Crippen LogP contribution in [0.5, 0.6) is 23.0 Å². The Morgan fingerprint density at radius 3 is 0.775 bits per heavy atom. The molecule has 12 heteroatoms. The zero-order chi connectivity index (χ0) is 28.6. The molecule has 0 N–H and O–H groups in total. The molecule has 5 rings (SSSR count). The van der Waals surface area contributed by atoms with Gasteiger partial charge in [0.15, 0.2) is 23.0 Å². The molecular formula is C28H20O12. The summed E-state index contributed by atoms with van der Waals surface area (Å²) in [5, 5.41) is 2.23. The number of benzene rings is 4. The van der Waals surface area contributed by atoms with Gasteiger partial charge in [0.05, 0.1) is 28.4 Å². The summed E-state index contributed by atoms with van der Waals surface area (Å²) in [5.74, 6) is 0.0414. The zero-order valence-electron chi connectivity index (χ0n) is 21.5. The SMILES string of the molecule is COC(=O)Oc1c2c(c(OC(=O)OC)c3ccccc13)=c1c(OC(=O)OC)c3ccccc3c(OC(=O)OC)c1=2. The topological polar surface area (TPSA) is 142 Å². The van der Waals surface area contributed by atoms with Gasteiger partial charge in [-0.1, -0.05) is 48.5 Å². The molecule has 0 radical (unpaired) electrons. The predicted octanol–water partition coefficient (Wildman–Crippen LogP) is 5.46. The highest BCUT2D eigenvalue weighted by molar-refractivity contribution is 6.00. The molecule has 0 aromatic heterocycles. The lowest BCUT2D eigenvalue weighted by Gasteiger charge is -2.21. The minimum atomic E-state index is -1.04. The highest BCUT2D eigenvalue weighted by atomic mass is 16.7. The van der Waals surface area contributed by atoms with Crippen LogP contribution in [0, 0.1) is 20.9 Å². The summed E-state index contributed by atoms with van der Waals surface area (Å²) in [7, 11) is 4.56. The van der Waals surface area contributed by atoms with Crippen molar-refractivity contribution in [2.24, 2.45) is 0 Å². The van der Waals surface area contributed by atoms with Crippen molar-refractivity contribution in [1.82, 2.24) is 0 Å². The Kier molecular flexibility index (Phi) is 6.74. The summed E-state index contributed by atoms with van der Waals surface area (Å²) >= 11 is 0. The van der Waals surface area contributed by atoms with Gasteiger partial charge in [0.2, 0.25) is 0 Å². The van der Waals surface area contributed by atoms with E-state index in [0.29, 0.717) is 21.5 Å². The molecule has 40 heavy (non-hydrogen) atoms. The Labute approximate surface area is 224 Å². The van der Waals surface area contributed by atoms with E-state index in [2.05, 4.69) is 0 Å². The van der Waals surface area contributed by atoms with Gasteiger partial charge in [-0.05, 0) is 0 Å². The van der Waals surface area contributed by atoms with Crippen LogP contribution in [-0.4, -0.2) is 53.1 Å². The first-order valence-electron chi connectivity index (χ1n) is 11.6. The normalized spacial score (nSPS) is 10.9. The number of rotatable bonds is 4. The zero-order valence-corrected chi connectivity index (χ0v) is 21.5. The molecule has 1 aliphatic carbocycles. The van der Waals surface area contributed by atoms with Gasteiger partial charge >= 0.3 is 24.6 Å². The number of carbonyl (C=O) groups is 4. The Bertz CT molecular complexity index is 1630. The summed E-state index contributed by atoms with van der Waals surface area (Å²) < 4.78 is 41.3. The average molecular weight is 548 g/mol. The molecule has 4 aromatic rings. The van der Waals surface area contributed by atoms with Crippen LogP contribution in [0.15, 0.2) is 48.5 Å². The first-order valence-corrected chi connectivity index (χ1v) is 11.6. The lowest BCUT2D eigenvalue weighted by Crippen LogP contribution is -2.16. The van der Waals surface area contributed by atoms with Crippen molar-refractivity contribution in [3.63, 3.8) is 0 Å². The first kappa shape index (κ1) is 26.1. The van der Waals surface area contributed by atoms with Crippen LogP contribution in [0.3, 0.4) is 0 Å². The third-order valence-corrected chi connectivity index (χ3v) is 6.15. The van der Waals surface area contributed by atoms with Crippen molar-refractivity contribution in [1.29, 1.82) is 0 Å². The highest BCUT2D eigenvalue weighted by Gasteiger charge is 2.30. The lowest BCUT2D eigenvalue weighted by atomic mass is 9.91. The fraction of sp³-hybridized carbons (Fsp3) is 0.143. The summed E-state index contributed by atoms with van der Waals surface area (Å²) in [4.78, 5) is 49.5. The van der Waals surface area contributed by atoms with Crippen LogP contribution >= 0.6 is 0 Å². The van der Waals surface area contributed by atoms with E-state index >= 15 is 0 Å². The number of hydrogen-bond acceptors (Lipinski definition) is 12. The van der Waals surface area contributed by atoms with Crippen molar-refractivity contribution in [2.45, 2.75) is 0 Å². The van der Waals surface area contributed by atoms with Gasteiger partial charge in [-0.2, -0.15) is 0 Å². The predicted molar refractivity (Wildman–Crippen MR) is 135 cm³/mol. The van der Waals surface area contributed by atoms with Crippen molar-refractivity contribution < 1.29 is 57.1 Å². The van der Waals surface area contributed by atoms with Crippen molar-refractivity contribution in [3.8, 4) is 23.0 Å². The highest BCUT2D eigenvalue weighted by Crippen LogP contribution is 2.47. The van der Waals surface area contributed by atoms with Gasteiger partial charge in [0.25, 0.3) is 0 Å². The molecule has 1 aliphatic rings. The molecule has 12 nitrogen and oxygen atoms in total. The van der Waals surface area contributed by atoms with E-state index in [1.807, 2.05) is 0 Å². The fourth-order valence-electron chi connectivity index (χ4n) is 4.57. The molecule has 4 aromatic carbocycles. The molecule has 0 bridgehead atoms. The molecule has 0 atom stereocenters. The van der Waals surface area contributed by atoms with Crippen LogP contribution in [0.4, 0.5) is 19.2 Å². The molecule has 0 spiro atoms. The van der Waals surface area contributed by atoms with Crippen LogP contribution in [0.2, 0.25) is 0 Å². The standard InChI is InChI=1S/C28H20O12/c1-33-25(29)37-21-13-9-5-6-10-14(13)22(38-26(30)34-2)18-17(21)19-20(18)24(40-28(32)36-4)16-12-8-7-11-15(16)23(19)39-27(31)35-3/h5-12H,1-4H3. The van der Waals surface area contributed by atoms with Gasteiger partial charge in [0.1, 0.15) is 0 Å². The summed E-state index contributed by atoms with van der Waals surface area (Å²) in [5.41, 5.74) is 0. The van der Waals surface area contributed by atoms with Gasteiger partial charge in [-0.25, -0.2) is 19.2 Å². The molecular weight excluding hydrogens is 528 g/mol. The molecule has 0 saturated carbocycles. The molecule has 0 saturated heterocycles. The summed E-state index contributed by atoms with van der Waals surface area (Å²) in [6.07, 6.45) is -4.15. The van der Waals surface area contributed by atoms with Crippen LogP contribution in [0.1, 0.15) is 0 Å². The smallest absolute Gasteiger partial charge is 0.437 e. The van der Waals surface area contributed by atoms with Gasteiger partial charge in [-0.15, -0.1) is 0 Å². The van der Waals surface area contributed by atoms with Crippen LogP contribution < -0.4 is 18.9 Å². The molecule has 0 amide bonds. The van der Waals surface area contributed by atoms with E-state index in [4.69, 9.17) is 37.9 Å². The molecule has 204 valence electrons. The quantitative estimate of drug-likeness (QED) is 0.160. The number of fused-ring (bicyclic) bond motifs is 4. The van der Waals surface area contributed by atoms with Crippen LogP contribution in [-0.2, 0) is 18.9 Å². The minimum absolute atomic E-state index is 0.0104. The maximum atomic E-state index is 12.4. The minimum Gasteiger partial charge on any atom is -0.437 e. The van der Waals surface area contributed by atoms with Crippen molar-refractivity contribution in [3.05, 3.63) is 69.4 Å². The van der Waals surface area contributed by atoms with Crippen molar-refractivity contribution >= 4 is 46.2 Å². The Morgan fingerprint density at radius 2 is 0.600 bits per heavy atom. The maximum absolute atomic E-state index is 12.4. The molecule has 0 aliphatic heterocycles. The number of methoxy groups -OCH3 is 4. The summed E-state index contributed by atoms with van der Waals surface area (Å²) in [6.45, 7) is 0. The molecule has 0 heterocycles. The van der Waals surface area contributed by atoms with E-state index < -0.39 is 24.6 Å². The third-order valence-electron chi connectivity index (χ3n) is 6.15. The third kappa shape index (κ3) is 4.11. The van der Waals surface area contributed by atoms with E-state index in [-0.39, 0.29) is 43.9 Å². The second kappa shape index (κ2) is 10.3. The molecule has 0 unspecified atom stereocenters. The van der Waals surface area contributed by atoms with Gasteiger partial charge < -0.3 is 37.9 Å². The van der Waals surface area contributed by atoms with Crippen molar-refractivity contribution in [2.75, 3.05) is 28.4 Å². The average Bonchev–Trinajstić information content (AvgIpc) is 2.97. The second-order valence-electron chi connectivity index (χ2n) is 8.13. The Balaban J connectivity index is 2.10. The fourth-order valence-corrected chi connectivity index (χ4v) is 4.57.